The van der Waals surface area contributed by atoms with Gasteiger partial charge >= 0.3 is 6.09 Å². The van der Waals surface area contributed by atoms with Gasteiger partial charge in [0.15, 0.2) is 0 Å². The van der Waals surface area contributed by atoms with Gasteiger partial charge < -0.3 is 14.7 Å². The maximum Gasteiger partial charge on any atom is 0.410 e. The Balaban J connectivity index is 1.90. The number of carbonyl (C=O) groups excluding carboxylic acids is 1. The summed E-state index contributed by atoms with van der Waals surface area (Å²) in [6, 6.07) is 0. The van der Waals surface area contributed by atoms with Crippen LogP contribution in [0.4, 0.5) is 13.6 Å². The van der Waals surface area contributed by atoms with Crippen LogP contribution in [-0.4, -0.2) is 44.1 Å². The van der Waals surface area contributed by atoms with Gasteiger partial charge in [-0.25, -0.2) is 4.79 Å². The molecule has 8 heteroatoms. The second kappa shape index (κ2) is 5.68. The average Bonchev–Trinajstić information content (AvgIpc) is 2.75. The van der Waals surface area contributed by atoms with Gasteiger partial charge in [0, 0.05) is 24.9 Å². The largest absolute Gasteiger partial charge is 0.444 e. The van der Waals surface area contributed by atoms with Crippen molar-refractivity contribution in [2.45, 2.75) is 70.8 Å². The number of rotatable bonds is 0. The van der Waals surface area contributed by atoms with Crippen molar-refractivity contribution in [1.82, 2.24) is 14.7 Å². The van der Waals surface area contributed by atoms with Gasteiger partial charge in [-0.05, 0) is 27.2 Å². The molecular formula is C16H23F2N3O3. The maximum atomic E-state index is 14.5. The molecule has 2 aliphatic rings. The molecule has 1 aromatic rings. The quantitative estimate of drug-likeness (QED) is 0.786. The molecule has 134 valence electrons. The highest BCUT2D eigenvalue weighted by Gasteiger charge is 2.43. The zero-order chi connectivity index (χ0) is 17.7. The predicted octanol–water partition coefficient (Wildman–Crippen LogP) is 2.42. The van der Waals surface area contributed by atoms with E-state index in [1.54, 1.807) is 20.8 Å². The van der Waals surface area contributed by atoms with Crippen LogP contribution in [0.3, 0.4) is 0 Å². The Labute approximate surface area is 139 Å². The van der Waals surface area contributed by atoms with E-state index < -0.39 is 30.1 Å². The van der Waals surface area contributed by atoms with E-state index in [9.17, 15) is 18.7 Å². The summed E-state index contributed by atoms with van der Waals surface area (Å²) in [7, 11) is 0. The molecule has 1 amide bonds. The van der Waals surface area contributed by atoms with E-state index in [1.807, 2.05) is 0 Å². The summed E-state index contributed by atoms with van der Waals surface area (Å²) < 4.78 is 35.7. The second-order valence-corrected chi connectivity index (χ2v) is 7.50. The number of aromatic nitrogens is 2. The molecule has 0 spiro atoms. The Kier molecular flexibility index (Phi) is 4.06. The smallest absolute Gasteiger partial charge is 0.410 e. The topological polar surface area (TPSA) is 67.6 Å². The zero-order valence-corrected chi connectivity index (χ0v) is 14.2. The molecule has 0 fully saturated rings. The predicted molar refractivity (Wildman–Crippen MR) is 81.7 cm³/mol. The molecule has 0 unspecified atom stereocenters. The first-order valence-electron chi connectivity index (χ1n) is 8.20. The summed E-state index contributed by atoms with van der Waals surface area (Å²) in [6.45, 7) is 5.80. The molecule has 3 heterocycles. The Morgan fingerprint density at radius 3 is 2.79 bits per heavy atom. The van der Waals surface area contributed by atoms with Gasteiger partial charge in [-0.1, -0.05) is 0 Å². The van der Waals surface area contributed by atoms with Crippen LogP contribution in [0.15, 0.2) is 0 Å². The first-order chi connectivity index (χ1) is 11.1. The lowest BCUT2D eigenvalue weighted by molar-refractivity contribution is -0.0255. The van der Waals surface area contributed by atoms with Gasteiger partial charge in [0.25, 0.3) is 5.92 Å². The number of amides is 1. The number of ether oxygens (including phenoxy) is 1. The first-order valence-corrected chi connectivity index (χ1v) is 8.20. The molecule has 2 aliphatic heterocycles. The molecule has 0 aliphatic carbocycles. The SMILES string of the molecule is CC(C)(C)OC(=O)N1CCc2nn3c(c2C1)C(F)(F)CC[C@@H](O)C3. The summed E-state index contributed by atoms with van der Waals surface area (Å²) in [6.07, 6.45) is -1.33. The number of halogens is 2. The minimum atomic E-state index is -3.06. The van der Waals surface area contributed by atoms with E-state index in [0.29, 0.717) is 24.2 Å². The first kappa shape index (κ1) is 17.1. The van der Waals surface area contributed by atoms with Crippen LogP contribution in [0.2, 0.25) is 0 Å². The fourth-order valence-corrected chi connectivity index (χ4v) is 3.21. The van der Waals surface area contributed by atoms with Gasteiger partial charge in [-0.3, -0.25) is 4.68 Å². The zero-order valence-electron chi connectivity index (χ0n) is 14.2. The monoisotopic (exact) mass is 343 g/mol. The normalized spacial score (nSPS) is 23.2. The van der Waals surface area contributed by atoms with E-state index in [-0.39, 0.29) is 25.2 Å². The number of aliphatic hydroxyl groups is 1. The number of fused-ring (bicyclic) bond motifs is 3. The number of alkyl halides is 2. The number of hydrogen-bond donors (Lipinski definition) is 1. The standard InChI is InChI=1S/C16H23F2N3O3/c1-15(2,3)24-14(23)20-7-5-12-11(9-20)13-16(17,18)6-4-10(22)8-21(13)19-12/h10,22H,4-9H2,1-3H3/t10-/m1/s1. The van der Waals surface area contributed by atoms with Crippen LogP contribution in [0.5, 0.6) is 0 Å². The molecule has 0 bridgehead atoms. The van der Waals surface area contributed by atoms with E-state index in [2.05, 4.69) is 5.10 Å². The summed E-state index contributed by atoms with van der Waals surface area (Å²) in [5.41, 5.74) is 0.175. The van der Waals surface area contributed by atoms with Crippen LogP contribution in [0, 0.1) is 0 Å². The Morgan fingerprint density at radius 2 is 2.12 bits per heavy atom. The molecule has 0 aromatic carbocycles. The molecule has 6 nitrogen and oxygen atoms in total. The van der Waals surface area contributed by atoms with Gasteiger partial charge in [-0.2, -0.15) is 13.9 Å². The van der Waals surface area contributed by atoms with Crippen molar-refractivity contribution in [3.8, 4) is 0 Å². The summed E-state index contributed by atoms with van der Waals surface area (Å²) >= 11 is 0. The van der Waals surface area contributed by atoms with Crippen molar-refractivity contribution in [2.75, 3.05) is 6.54 Å². The minimum absolute atomic E-state index is 0.0287. The summed E-state index contributed by atoms with van der Waals surface area (Å²) in [5, 5.41) is 14.1. The lowest BCUT2D eigenvalue weighted by atomic mass is 10.00. The summed E-state index contributed by atoms with van der Waals surface area (Å²) in [4.78, 5) is 13.7. The number of nitrogens with zero attached hydrogens (tertiary/aromatic N) is 3. The van der Waals surface area contributed by atoms with Crippen molar-refractivity contribution in [3.05, 3.63) is 17.0 Å². The highest BCUT2D eigenvalue weighted by atomic mass is 19.3. The van der Waals surface area contributed by atoms with Crippen LogP contribution >= 0.6 is 0 Å². The molecule has 0 saturated carbocycles. The van der Waals surface area contributed by atoms with Crippen molar-refractivity contribution >= 4 is 6.09 Å². The average molecular weight is 343 g/mol. The molecule has 1 atom stereocenters. The van der Waals surface area contributed by atoms with E-state index in [4.69, 9.17) is 4.74 Å². The molecule has 24 heavy (non-hydrogen) atoms. The third-order valence-corrected chi connectivity index (χ3v) is 4.27. The highest BCUT2D eigenvalue weighted by Crippen LogP contribution is 2.40. The molecule has 0 radical (unpaired) electrons. The maximum absolute atomic E-state index is 14.5. The van der Waals surface area contributed by atoms with Gasteiger partial charge in [-0.15, -0.1) is 0 Å². The van der Waals surface area contributed by atoms with Crippen LogP contribution in [-0.2, 0) is 30.2 Å². The summed E-state index contributed by atoms with van der Waals surface area (Å²) in [5.74, 6) is -3.06. The van der Waals surface area contributed by atoms with Crippen molar-refractivity contribution in [3.63, 3.8) is 0 Å². The third kappa shape index (κ3) is 3.24. The number of hydrogen-bond acceptors (Lipinski definition) is 4. The van der Waals surface area contributed by atoms with Crippen molar-refractivity contribution < 1.29 is 23.4 Å². The number of aliphatic hydroxyl groups excluding tert-OH is 1. The van der Waals surface area contributed by atoms with Crippen LogP contribution in [0.1, 0.15) is 50.6 Å². The second-order valence-electron chi connectivity index (χ2n) is 7.50. The van der Waals surface area contributed by atoms with Gasteiger partial charge in [0.1, 0.15) is 11.3 Å². The fourth-order valence-electron chi connectivity index (χ4n) is 3.21. The molecular weight excluding hydrogens is 320 g/mol. The van der Waals surface area contributed by atoms with Crippen LogP contribution in [0.25, 0.3) is 0 Å². The van der Waals surface area contributed by atoms with Gasteiger partial charge in [0.2, 0.25) is 0 Å². The Hall–Kier alpha value is -1.70. The van der Waals surface area contributed by atoms with E-state index in [1.165, 1.54) is 9.58 Å². The van der Waals surface area contributed by atoms with Crippen LogP contribution < -0.4 is 0 Å². The van der Waals surface area contributed by atoms with E-state index >= 15 is 0 Å². The van der Waals surface area contributed by atoms with Crippen molar-refractivity contribution in [1.29, 1.82) is 0 Å². The highest BCUT2D eigenvalue weighted by molar-refractivity contribution is 5.68. The molecule has 1 aromatic heterocycles. The molecule has 1 N–H and O–H groups in total. The van der Waals surface area contributed by atoms with E-state index in [0.717, 1.165) is 0 Å². The molecule has 0 saturated heterocycles. The molecule has 3 rings (SSSR count). The lowest BCUT2D eigenvalue weighted by Gasteiger charge is -2.30. The lowest BCUT2D eigenvalue weighted by Crippen LogP contribution is -2.40. The van der Waals surface area contributed by atoms with Crippen molar-refractivity contribution in [2.24, 2.45) is 0 Å². The minimum Gasteiger partial charge on any atom is -0.444 e. The van der Waals surface area contributed by atoms with Gasteiger partial charge in [0.05, 0.1) is 24.9 Å². The fraction of sp³-hybridized carbons (Fsp3) is 0.750. The number of carbonyl (C=O) groups is 1. The Bertz CT molecular complexity index is 652. The Morgan fingerprint density at radius 1 is 1.42 bits per heavy atom. The third-order valence-electron chi connectivity index (χ3n) is 4.27.